The Morgan fingerprint density at radius 3 is 3.07 bits per heavy atom. The van der Waals surface area contributed by atoms with E-state index in [1.54, 1.807) is 0 Å². The van der Waals surface area contributed by atoms with Crippen molar-refractivity contribution in [2.45, 2.75) is 19.3 Å². The fraction of sp³-hybridized carbons (Fsp3) is 0.417. The van der Waals surface area contributed by atoms with Gasteiger partial charge in [-0.3, -0.25) is 4.79 Å². The maximum atomic E-state index is 11.1. The molecule has 1 aromatic rings. The van der Waals surface area contributed by atoms with Crippen molar-refractivity contribution in [3.8, 4) is 5.75 Å². The largest absolute Gasteiger partial charge is 0.494 e. The molecule has 0 saturated carbocycles. The van der Waals surface area contributed by atoms with Gasteiger partial charge in [0.15, 0.2) is 0 Å². The Balaban J connectivity index is 2.14. The molecule has 1 N–H and O–H groups in total. The van der Waals surface area contributed by atoms with E-state index in [1.807, 2.05) is 31.2 Å². The maximum absolute atomic E-state index is 11.1. The Bertz CT molecular complexity index is 362. The molecule has 1 aromatic carbocycles. The summed E-state index contributed by atoms with van der Waals surface area (Å²) in [7, 11) is 0. The second-order valence-electron chi connectivity index (χ2n) is 3.71. The van der Waals surface area contributed by atoms with Gasteiger partial charge in [0, 0.05) is 18.9 Å². The highest BCUT2D eigenvalue weighted by molar-refractivity contribution is 5.79. The first-order chi connectivity index (χ1) is 7.29. The predicted molar refractivity (Wildman–Crippen MR) is 58.0 cm³/mol. The van der Waals surface area contributed by atoms with Crippen LogP contribution in [0.1, 0.15) is 24.8 Å². The van der Waals surface area contributed by atoms with Crippen molar-refractivity contribution in [1.29, 1.82) is 0 Å². The van der Waals surface area contributed by atoms with E-state index >= 15 is 0 Å². The number of hydrogen-bond donors (Lipinski definition) is 1. The average molecular weight is 205 g/mol. The minimum absolute atomic E-state index is 0.141. The fourth-order valence-electron chi connectivity index (χ4n) is 1.87. The minimum Gasteiger partial charge on any atom is -0.494 e. The Kier molecular flexibility index (Phi) is 2.90. The summed E-state index contributed by atoms with van der Waals surface area (Å²) in [4.78, 5) is 11.1. The Hall–Kier alpha value is -1.51. The standard InChI is InChI=1S/C12H15NO2/c1-2-15-11-5-3-4-9(6-11)10-7-12(14)13-8-10/h3-6,10H,2,7-8H2,1H3,(H,13,14). The second kappa shape index (κ2) is 4.34. The fourth-order valence-corrected chi connectivity index (χ4v) is 1.87. The molecule has 1 saturated heterocycles. The summed E-state index contributed by atoms with van der Waals surface area (Å²) in [5.74, 6) is 1.33. The van der Waals surface area contributed by atoms with Crippen molar-refractivity contribution in [2.75, 3.05) is 13.2 Å². The lowest BCUT2D eigenvalue weighted by Crippen LogP contribution is -2.13. The molecule has 1 amide bonds. The Labute approximate surface area is 89.4 Å². The van der Waals surface area contributed by atoms with Crippen LogP contribution in [0, 0.1) is 0 Å². The van der Waals surface area contributed by atoms with Gasteiger partial charge in [-0.05, 0) is 24.6 Å². The second-order valence-corrected chi connectivity index (χ2v) is 3.71. The lowest BCUT2D eigenvalue weighted by Gasteiger charge is -2.09. The molecule has 1 aliphatic heterocycles. The van der Waals surface area contributed by atoms with Crippen molar-refractivity contribution in [1.82, 2.24) is 5.32 Å². The van der Waals surface area contributed by atoms with Crippen LogP contribution in [0.5, 0.6) is 5.75 Å². The Morgan fingerprint density at radius 2 is 2.40 bits per heavy atom. The van der Waals surface area contributed by atoms with Crippen LogP contribution in [0.15, 0.2) is 24.3 Å². The number of benzene rings is 1. The molecule has 15 heavy (non-hydrogen) atoms. The van der Waals surface area contributed by atoms with Gasteiger partial charge in [0.05, 0.1) is 6.61 Å². The third-order valence-electron chi connectivity index (χ3n) is 2.62. The summed E-state index contributed by atoms with van der Waals surface area (Å²) in [6.07, 6.45) is 0.593. The van der Waals surface area contributed by atoms with E-state index < -0.39 is 0 Å². The third-order valence-corrected chi connectivity index (χ3v) is 2.62. The van der Waals surface area contributed by atoms with Gasteiger partial charge in [0.25, 0.3) is 0 Å². The van der Waals surface area contributed by atoms with Crippen LogP contribution in [0.25, 0.3) is 0 Å². The topological polar surface area (TPSA) is 38.3 Å². The molecule has 1 atom stereocenters. The Morgan fingerprint density at radius 1 is 1.53 bits per heavy atom. The smallest absolute Gasteiger partial charge is 0.220 e. The minimum atomic E-state index is 0.141. The molecular formula is C12H15NO2. The van der Waals surface area contributed by atoms with Gasteiger partial charge in [-0.1, -0.05) is 12.1 Å². The number of carbonyl (C=O) groups excluding carboxylic acids is 1. The summed E-state index contributed by atoms with van der Waals surface area (Å²) < 4.78 is 5.43. The molecule has 0 aliphatic carbocycles. The molecule has 3 nitrogen and oxygen atoms in total. The van der Waals surface area contributed by atoms with Crippen molar-refractivity contribution < 1.29 is 9.53 Å². The summed E-state index contributed by atoms with van der Waals surface area (Å²) >= 11 is 0. The van der Waals surface area contributed by atoms with E-state index in [0.29, 0.717) is 18.9 Å². The lowest BCUT2D eigenvalue weighted by molar-refractivity contribution is -0.119. The molecule has 1 unspecified atom stereocenters. The van der Waals surface area contributed by atoms with Crippen molar-refractivity contribution in [2.24, 2.45) is 0 Å². The van der Waals surface area contributed by atoms with Crippen LogP contribution in [-0.4, -0.2) is 19.1 Å². The van der Waals surface area contributed by atoms with Crippen molar-refractivity contribution in [3.05, 3.63) is 29.8 Å². The highest BCUT2D eigenvalue weighted by Gasteiger charge is 2.22. The molecule has 0 spiro atoms. The molecule has 0 bridgehead atoms. The summed E-state index contributed by atoms with van der Waals surface area (Å²) in [5, 5.41) is 2.84. The first kappa shape index (κ1) is 10.0. The van der Waals surface area contributed by atoms with Gasteiger partial charge in [0.2, 0.25) is 5.91 Å². The molecule has 80 valence electrons. The molecular weight excluding hydrogens is 190 g/mol. The lowest BCUT2D eigenvalue weighted by atomic mass is 9.98. The van der Waals surface area contributed by atoms with E-state index in [-0.39, 0.29) is 5.91 Å². The maximum Gasteiger partial charge on any atom is 0.220 e. The zero-order chi connectivity index (χ0) is 10.7. The quantitative estimate of drug-likeness (QED) is 0.815. The summed E-state index contributed by atoms with van der Waals surface area (Å²) in [5.41, 5.74) is 1.18. The first-order valence-electron chi connectivity index (χ1n) is 5.29. The monoisotopic (exact) mass is 205 g/mol. The SMILES string of the molecule is CCOc1cccc(C2CNC(=O)C2)c1. The summed E-state index contributed by atoms with van der Waals surface area (Å²) in [6, 6.07) is 7.99. The number of nitrogens with one attached hydrogen (secondary N) is 1. The number of amides is 1. The van der Waals surface area contributed by atoms with Crippen LogP contribution in [0.2, 0.25) is 0 Å². The van der Waals surface area contributed by atoms with Crippen molar-refractivity contribution in [3.63, 3.8) is 0 Å². The van der Waals surface area contributed by atoms with E-state index in [0.717, 1.165) is 12.3 Å². The number of carbonyl (C=O) groups is 1. The van der Waals surface area contributed by atoms with E-state index in [2.05, 4.69) is 5.32 Å². The molecule has 0 aromatic heterocycles. The van der Waals surface area contributed by atoms with Gasteiger partial charge < -0.3 is 10.1 Å². The molecule has 1 aliphatic rings. The number of ether oxygens (including phenoxy) is 1. The van der Waals surface area contributed by atoms with Gasteiger partial charge in [-0.15, -0.1) is 0 Å². The van der Waals surface area contributed by atoms with E-state index in [4.69, 9.17) is 4.74 Å². The molecule has 1 fully saturated rings. The van der Waals surface area contributed by atoms with Crippen LogP contribution < -0.4 is 10.1 Å². The zero-order valence-electron chi connectivity index (χ0n) is 8.82. The normalized spacial score (nSPS) is 20.1. The molecule has 2 rings (SSSR count). The van der Waals surface area contributed by atoms with Gasteiger partial charge in [-0.25, -0.2) is 0 Å². The molecule has 1 heterocycles. The van der Waals surface area contributed by atoms with Crippen LogP contribution in [0.4, 0.5) is 0 Å². The number of hydrogen-bond acceptors (Lipinski definition) is 2. The predicted octanol–water partition coefficient (Wildman–Crippen LogP) is 1.69. The average Bonchev–Trinajstić information content (AvgIpc) is 2.66. The van der Waals surface area contributed by atoms with Gasteiger partial charge in [0.1, 0.15) is 5.75 Å². The highest BCUT2D eigenvalue weighted by atomic mass is 16.5. The highest BCUT2D eigenvalue weighted by Crippen LogP contribution is 2.25. The molecule has 3 heteroatoms. The molecule has 0 radical (unpaired) electrons. The van der Waals surface area contributed by atoms with Crippen LogP contribution in [0.3, 0.4) is 0 Å². The first-order valence-corrected chi connectivity index (χ1v) is 5.29. The van der Waals surface area contributed by atoms with E-state index in [1.165, 1.54) is 5.56 Å². The number of rotatable bonds is 3. The zero-order valence-corrected chi connectivity index (χ0v) is 8.82. The van der Waals surface area contributed by atoms with Crippen molar-refractivity contribution >= 4 is 5.91 Å². The van der Waals surface area contributed by atoms with Crippen LogP contribution >= 0.6 is 0 Å². The van der Waals surface area contributed by atoms with Gasteiger partial charge in [-0.2, -0.15) is 0 Å². The van der Waals surface area contributed by atoms with Gasteiger partial charge >= 0.3 is 0 Å². The third kappa shape index (κ3) is 2.29. The van der Waals surface area contributed by atoms with E-state index in [9.17, 15) is 4.79 Å². The van der Waals surface area contributed by atoms with Crippen LogP contribution in [-0.2, 0) is 4.79 Å². The summed E-state index contributed by atoms with van der Waals surface area (Å²) in [6.45, 7) is 3.38.